The summed E-state index contributed by atoms with van der Waals surface area (Å²) in [5.74, 6) is 0. The fourth-order valence-corrected chi connectivity index (χ4v) is 0. The normalized spacial score (nSPS) is 2.00. The van der Waals surface area contributed by atoms with E-state index in [1.807, 2.05) is 27.7 Å². The molecule has 45 valence electrons. The van der Waals surface area contributed by atoms with Crippen LogP contribution in [0.15, 0.2) is 0 Å². The van der Waals surface area contributed by atoms with Gasteiger partial charge in [0.15, 0.2) is 0 Å². The highest BCUT2D eigenvalue weighted by molar-refractivity contribution is 6.75. The average Bonchev–Trinajstić information content (AvgIpc) is 1.81. The monoisotopic (exact) mass is 109 g/mol. The first-order chi connectivity index (χ1) is 3.00. The Hall–Kier alpha value is 0.195. The molecule has 8 heavy (non-hydrogen) atoms. The van der Waals surface area contributed by atoms with E-state index in [1.165, 1.54) is 0 Å². The van der Waals surface area contributed by atoms with Gasteiger partial charge in [-0.1, -0.05) is 35.1 Å². The minimum absolute atomic E-state index is 0. The van der Waals surface area contributed by atoms with Crippen molar-refractivity contribution in [2.75, 3.05) is 0 Å². The van der Waals surface area contributed by atoms with Crippen molar-refractivity contribution in [3.8, 4) is 0 Å². The second-order valence-electron chi connectivity index (χ2n) is 0. The summed E-state index contributed by atoms with van der Waals surface area (Å²) in [5, 5.41) is 0. The zero-order valence-electron chi connectivity index (χ0n) is 5.73. The first-order valence-electron chi connectivity index (χ1n) is 2.33. The molecule has 0 nitrogen and oxygen atoms in total. The lowest BCUT2D eigenvalue weighted by atomic mass is 9.81. The highest BCUT2D eigenvalue weighted by atomic mass is 13.0. The summed E-state index contributed by atoms with van der Waals surface area (Å²) in [4.78, 5) is 0. The van der Waals surface area contributed by atoms with E-state index >= 15 is 0 Å². The van der Waals surface area contributed by atoms with Crippen LogP contribution in [0, 0.1) is 0 Å². The minimum atomic E-state index is 0. The molecule has 0 rings (SSSR count). The van der Waals surface area contributed by atoms with Gasteiger partial charge in [0.05, 0.1) is 0 Å². The standard InChI is InChI=1S/2C2H6.CH4.B2.B/c2*1-2;;1-2;/h2*1-2H3;1H4;;. The third-order valence-corrected chi connectivity index (χ3v) is 0. The zero-order valence-corrected chi connectivity index (χ0v) is 5.73. The third kappa shape index (κ3) is 4410. The van der Waals surface area contributed by atoms with E-state index in [4.69, 9.17) is 0 Å². The maximum Gasteiger partial charge on any atom is 0 e. The summed E-state index contributed by atoms with van der Waals surface area (Å²) in [6, 6.07) is 0. The Morgan fingerprint density at radius 3 is 0.750 bits per heavy atom. The van der Waals surface area contributed by atoms with Gasteiger partial charge in [-0.05, 0) is 0 Å². The first kappa shape index (κ1) is 41.6. The molecule has 0 fully saturated rings. The summed E-state index contributed by atoms with van der Waals surface area (Å²) < 4.78 is 0. The van der Waals surface area contributed by atoms with Crippen molar-refractivity contribution in [1.82, 2.24) is 0 Å². The van der Waals surface area contributed by atoms with E-state index in [0.717, 1.165) is 0 Å². The van der Waals surface area contributed by atoms with Crippen LogP contribution in [-0.4, -0.2) is 23.9 Å². The van der Waals surface area contributed by atoms with Gasteiger partial charge in [0.2, 0.25) is 0 Å². The second-order valence-corrected chi connectivity index (χ2v) is 0. The van der Waals surface area contributed by atoms with Crippen molar-refractivity contribution in [2.45, 2.75) is 35.1 Å². The van der Waals surface area contributed by atoms with Crippen molar-refractivity contribution in [3.05, 3.63) is 0 Å². The van der Waals surface area contributed by atoms with Gasteiger partial charge < -0.3 is 0 Å². The summed E-state index contributed by atoms with van der Waals surface area (Å²) in [7, 11) is 8.00. The fraction of sp³-hybridized carbons (Fsp3) is 1.00. The average molecular weight is 109 g/mol. The fourth-order valence-electron chi connectivity index (χ4n) is 0. The van der Waals surface area contributed by atoms with Crippen molar-refractivity contribution in [1.29, 1.82) is 0 Å². The second kappa shape index (κ2) is 7280. The Kier molecular flexibility index (Phi) is 37800. The molecule has 0 N–H and O–H groups in total. The van der Waals surface area contributed by atoms with Crippen LogP contribution in [-0.2, 0) is 0 Å². The number of rotatable bonds is 0. The summed E-state index contributed by atoms with van der Waals surface area (Å²) in [6.07, 6.45) is 0. The topological polar surface area (TPSA) is 0 Å². The molecule has 0 saturated carbocycles. The van der Waals surface area contributed by atoms with Gasteiger partial charge in [-0.15, -0.1) is 0 Å². The highest BCUT2D eigenvalue weighted by Crippen LogP contribution is 1.15. The molecule has 0 aliphatic rings. The maximum atomic E-state index is 4.00. The highest BCUT2D eigenvalue weighted by Gasteiger charge is 1.00. The van der Waals surface area contributed by atoms with Crippen molar-refractivity contribution in [2.24, 2.45) is 0 Å². The maximum absolute atomic E-state index is 4.00. The molecular formula is C5H16B3. The van der Waals surface area contributed by atoms with Crippen molar-refractivity contribution >= 4 is 23.9 Å². The van der Waals surface area contributed by atoms with Gasteiger partial charge in [0.25, 0.3) is 0 Å². The Morgan fingerprint density at radius 2 is 0.750 bits per heavy atom. The van der Waals surface area contributed by atoms with Crippen LogP contribution in [0.3, 0.4) is 0 Å². The predicted molar refractivity (Wildman–Crippen MR) is 46.7 cm³/mol. The molecule has 7 radical (unpaired) electrons. The molecule has 3 heteroatoms. The number of hydrogen-bond donors (Lipinski definition) is 0. The molecular weight excluding hydrogens is 92.5 g/mol. The molecule has 0 aromatic rings. The summed E-state index contributed by atoms with van der Waals surface area (Å²) >= 11 is 0. The van der Waals surface area contributed by atoms with Crippen molar-refractivity contribution in [3.63, 3.8) is 0 Å². The van der Waals surface area contributed by atoms with E-state index in [1.54, 1.807) is 0 Å². The Morgan fingerprint density at radius 1 is 0.750 bits per heavy atom. The SMILES string of the molecule is C.CC.CC.[B].[B][B]. The van der Waals surface area contributed by atoms with E-state index in [0.29, 0.717) is 0 Å². The molecule has 0 atom stereocenters. The van der Waals surface area contributed by atoms with Gasteiger partial charge in [-0.25, -0.2) is 0 Å². The van der Waals surface area contributed by atoms with Gasteiger partial charge in [0.1, 0.15) is 0 Å². The van der Waals surface area contributed by atoms with Crippen LogP contribution in [0.5, 0.6) is 0 Å². The predicted octanol–water partition coefficient (Wildman–Crippen LogP) is 1.55. The minimum Gasteiger partial charge on any atom is -0.0776 e. The molecule has 0 amide bonds. The molecule has 0 saturated heterocycles. The van der Waals surface area contributed by atoms with Gasteiger partial charge in [0, 0.05) is 23.9 Å². The molecule has 0 aromatic heterocycles. The van der Waals surface area contributed by atoms with Crippen molar-refractivity contribution < 1.29 is 0 Å². The quantitative estimate of drug-likeness (QED) is 0.413. The zero-order chi connectivity index (χ0) is 6.00. The smallest absolute Gasteiger partial charge is 0 e. The van der Waals surface area contributed by atoms with Gasteiger partial charge >= 0.3 is 0 Å². The van der Waals surface area contributed by atoms with Gasteiger partial charge in [-0.3, -0.25) is 0 Å². The van der Waals surface area contributed by atoms with E-state index in [-0.39, 0.29) is 15.8 Å². The third-order valence-electron chi connectivity index (χ3n) is 0. The lowest BCUT2D eigenvalue weighted by Crippen LogP contribution is -1.38. The van der Waals surface area contributed by atoms with Gasteiger partial charge in [-0.2, -0.15) is 0 Å². The lowest BCUT2D eigenvalue weighted by molar-refractivity contribution is 1.50. The largest absolute Gasteiger partial charge is 0.0776 e. The molecule has 0 aromatic carbocycles. The Labute approximate surface area is 59.8 Å². The van der Waals surface area contributed by atoms with Crippen LogP contribution in [0.2, 0.25) is 0 Å². The van der Waals surface area contributed by atoms with E-state index < -0.39 is 0 Å². The Balaban J connectivity index is -0.00000000500. The van der Waals surface area contributed by atoms with E-state index in [9.17, 15) is 0 Å². The molecule has 0 bridgehead atoms. The lowest BCUT2D eigenvalue weighted by Gasteiger charge is -1.07. The van der Waals surface area contributed by atoms with Crippen LogP contribution in [0.25, 0.3) is 0 Å². The molecule has 0 aliphatic heterocycles. The first-order valence-corrected chi connectivity index (χ1v) is 2.33. The van der Waals surface area contributed by atoms with Crippen LogP contribution < -0.4 is 0 Å². The molecule has 0 spiro atoms. The van der Waals surface area contributed by atoms with E-state index in [2.05, 4.69) is 15.5 Å². The van der Waals surface area contributed by atoms with Crippen LogP contribution in [0.4, 0.5) is 0 Å². The summed E-state index contributed by atoms with van der Waals surface area (Å²) in [6.45, 7) is 8.00. The molecule has 0 unspecified atom stereocenters. The van der Waals surface area contributed by atoms with Crippen LogP contribution >= 0.6 is 0 Å². The molecule has 0 heterocycles. The van der Waals surface area contributed by atoms with Crippen LogP contribution in [0.1, 0.15) is 35.1 Å². The number of hydrogen-bond acceptors (Lipinski definition) is 0. The Bertz CT molecular complexity index is 7.64. The molecule has 0 aliphatic carbocycles. The summed E-state index contributed by atoms with van der Waals surface area (Å²) in [5.41, 5.74) is 0.